The molecular weight excluding hydrogens is 188 g/mol. The molecule has 14 heavy (non-hydrogen) atoms. The van der Waals surface area contributed by atoms with Crippen LogP contribution in [0.25, 0.3) is 0 Å². The van der Waals surface area contributed by atoms with E-state index >= 15 is 0 Å². The molecule has 1 heterocycles. The minimum Gasteiger partial charge on any atom is -0.373 e. The number of ether oxygens (including phenoxy) is 4. The van der Waals surface area contributed by atoms with E-state index in [1.165, 1.54) is 21.3 Å². The summed E-state index contributed by atoms with van der Waals surface area (Å²) in [6.07, 6.45) is -0.940. The first-order chi connectivity index (χ1) is 6.63. The lowest BCUT2D eigenvalue weighted by molar-refractivity contribution is -0.160. The summed E-state index contributed by atoms with van der Waals surface area (Å²) in [5, 5.41) is 0. The van der Waals surface area contributed by atoms with Crippen LogP contribution in [-0.2, 0) is 23.7 Å². The quantitative estimate of drug-likeness (QED) is 0.602. The topological polar surface area (TPSA) is 54.0 Å². The molecule has 1 unspecified atom stereocenters. The Kier molecular flexibility index (Phi) is 3.60. The molecule has 0 N–H and O–H groups in total. The maximum atomic E-state index is 10.8. The summed E-state index contributed by atoms with van der Waals surface area (Å²) in [7, 11) is 4.55. The van der Waals surface area contributed by atoms with Crippen molar-refractivity contribution >= 4 is 6.29 Å². The molecule has 1 aliphatic heterocycles. The van der Waals surface area contributed by atoms with Crippen molar-refractivity contribution in [3.05, 3.63) is 0 Å². The fraction of sp³-hybridized carbons (Fsp3) is 0.889. The summed E-state index contributed by atoms with van der Waals surface area (Å²) >= 11 is 0. The van der Waals surface area contributed by atoms with E-state index in [0.717, 1.165) is 0 Å². The molecule has 0 aromatic heterocycles. The van der Waals surface area contributed by atoms with Gasteiger partial charge in [-0.15, -0.1) is 0 Å². The van der Waals surface area contributed by atoms with E-state index in [9.17, 15) is 4.79 Å². The lowest BCUT2D eigenvalue weighted by Crippen LogP contribution is -2.48. The van der Waals surface area contributed by atoms with Gasteiger partial charge in [0.25, 0.3) is 0 Å². The average molecular weight is 204 g/mol. The normalized spacial score (nSPS) is 42.7. The minimum absolute atomic E-state index is 0.410. The van der Waals surface area contributed by atoms with Crippen LogP contribution in [0, 0.1) is 0 Å². The van der Waals surface area contributed by atoms with Crippen molar-refractivity contribution in [2.45, 2.75) is 31.0 Å². The second kappa shape index (κ2) is 4.35. The second-order valence-electron chi connectivity index (χ2n) is 3.34. The lowest BCUT2D eigenvalue weighted by Gasteiger charge is -2.30. The largest absolute Gasteiger partial charge is 0.373 e. The Morgan fingerprint density at radius 1 is 1.29 bits per heavy atom. The molecule has 0 amide bonds. The molecule has 0 aromatic carbocycles. The van der Waals surface area contributed by atoms with Gasteiger partial charge in [0.2, 0.25) is 0 Å². The zero-order valence-corrected chi connectivity index (χ0v) is 8.85. The number of rotatable bonds is 4. The fourth-order valence-electron chi connectivity index (χ4n) is 1.71. The molecule has 0 radical (unpaired) electrons. The van der Waals surface area contributed by atoms with Gasteiger partial charge in [0.1, 0.15) is 17.8 Å². The van der Waals surface area contributed by atoms with Crippen LogP contribution < -0.4 is 0 Å². The van der Waals surface area contributed by atoms with Crippen molar-refractivity contribution in [3.8, 4) is 0 Å². The van der Waals surface area contributed by atoms with Crippen LogP contribution in [0.5, 0.6) is 0 Å². The smallest absolute Gasteiger partial charge is 0.187 e. The summed E-state index contributed by atoms with van der Waals surface area (Å²) in [5.74, 6) is 0. The molecular formula is C9H16O5. The van der Waals surface area contributed by atoms with Gasteiger partial charge in [-0.1, -0.05) is 0 Å². The number of aldehydes is 1. The number of methoxy groups -OCH3 is 3. The lowest BCUT2D eigenvalue weighted by atomic mass is 9.95. The summed E-state index contributed by atoms with van der Waals surface area (Å²) in [6.45, 7) is 1.76. The van der Waals surface area contributed by atoms with E-state index in [-0.39, 0.29) is 0 Å². The molecule has 1 fully saturated rings. The van der Waals surface area contributed by atoms with Crippen LogP contribution in [-0.4, -0.2) is 51.7 Å². The highest BCUT2D eigenvalue weighted by molar-refractivity contribution is 5.59. The third-order valence-corrected chi connectivity index (χ3v) is 2.71. The van der Waals surface area contributed by atoms with Gasteiger partial charge in [-0.25, -0.2) is 0 Å². The Bertz CT molecular complexity index is 207. The highest BCUT2D eigenvalue weighted by Gasteiger charge is 2.55. The van der Waals surface area contributed by atoms with Crippen LogP contribution in [0.2, 0.25) is 0 Å². The summed E-state index contributed by atoms with van der Waals surface area (Å²) in [4.78, 5) is 10.8. The van der Waals surface area contributed by atoms with E-state index in [1.54, 1.807) is 6.92 Å². The van der Waals surface area contributed by atoms with Gasteiger partial charge in [-0.3, -0.25) is 0 Å². The average Bonchev–Trinajstić information content (AvgIpc) is 2.50. The van der Waals surface area contributed by atoms with Gasteiger partial charge in [0.15, 0.2) is 12.6 Å². The van der Waals surface area contributed by atoms with Crippen LogP contribution in [0.15, 0.2) is 0 Å². The van der Waals surface area contributed by atoms with Crippen LogP contribution >= 0.6 is 0 Å². The first-order valence-corrected chi connectivity index (χ1v) is 4.35. The third kappa shape index (κ3) is 1.56. The minimum atomic E-state index is -0.794. The number of hydrogen-bond donors (Lipinski definition) is 0. The van der Waals surface area contributed by atoms with Crippen molar-refractivity contribution in [1.82, 2.24) is 0 Å². The van der Waals surface area contributed by atoms with Gasteiger partial charge < -0.3 is 23.7 Å². The van der Waals surface area contributed by atoms with Crippen molar-refractivity contribution in [3.63, 3.8) is 0 Å². The van der Waals surface area contributed by atoms with Crippen LogP contribution in [0.1, 0.15) is 6.92 Å². The van der Waals surface area contributed by atoms with E-state index < -0.39 is 24.1 Å². The van der Waals surface area contributed by atoms with Gasteiger partial charge in [-0.05, 0) is 6.92 Å². The predicted molar refractivity (Wildman–Crippen MR) is 47.9 cm³/mol. The molecule has 0 bridgehead atoms. The van der Waals surface area contributed by atoms with Crippen LogP contribution in [0.4, 0.5) is 0 Å². The van der Waals surface area contributed by atoms with Crippen molar-refractivity contribution in [2.75, 3.05) is 21.3 Å². The number of hydrogen-bond acceptors (Lipinski definition) is 5. The van der Waals surface area contributed by atoms with E-state index in [1.807, 2.05) is 0 Å². The molecule has 0 aromatic rings. The molecule has 1 rings (SSSR count). The van der Waals surface area contributed by atoms with E-state index in [2.05, 4.69) is 0 Å². The standard InChI is InChI=1S/C9H16O5/c1-9(13-4)6(5-10)14-8(12-3)7(9)11-2/h5-8H,1-4H3/t6-,7+,8?,9-/m1/s1. The summed E-state index contributed by atoms with van der Waals surface area (Å²) in [6, 6.07) is 0. The first-order valence-electron chi connectivity index (χ1n) is 4.35. The van der Waals surface area contributed by atoms with E-state index in [4.69, 9.17) is 18.9 Å². The summed E-state index contributed by atoms with van der Waals surface area (Å²) < 4.78 is 20.9. The maximum absolute atomic E-state index is 10.8. The van der Waals surface area contributed by atoms with Gasteiger partial charge in [0, 0.05) is 21.3 Å². The van der Waals surface area contributed by atoms with Crippen molar-refractivity contribution < 1.29 is 23.7 Å². The molecule has 5 nitrogen and oxygen atoms in total. The molecule has 5 heteroatoms. The van der Waals surface area contributed by atoms with Crippen molar-refractivity contribution in [1.29, 1.82) is 0 Å². The van der Waals surface area contributed by atoms with Gasteiger partial charge in [-0.2, -0.15) is 0 Å². The molecule has 1 saturated heterocycles. The van der Waals surface area contributed by atoms with Crippen LogP contribution in [0.3, 0.4) is 0 Å². The molecule has 82 valence electrons. The molecule has 4 atom stereocenters. The highest BCUT2D eigenvalue weighted by Crippen LogP contribution is 2.34. The zero-order chi connectivity index (χ0) is 10.8. The van der Waals surface area contributed by atoms with Gasteiger partial charge in [0.05, 0.1) is 0 Å². The monoisotopic (exact) mass is 204 g/mol. The predicted octanol–water partition coefficient (Wildman–Crippen LogP) is -0.0233. The highest BCUT2D eigenvalue weighted by atomic mass is 16.7. The van der Waals surface area contributed by atoms with Crippen molar-refractivity contribution in [2.24, 2.45) is 0 Å². The molecule has 0 aliphatic carbocycles. The number of carbonyl (C=O) groups is 1. The Morgan fingerprint density at radius 2 is 1.93 bits per heavy atom. The fourth-order valence-corrected chi connectivity index (χ4v) is 1.71. The molecule has 0 saturated carbocycles. The molecule has 0 spiro atoms. The molecule has 1 aliphatic rings. The summed E-state index contributed by atoms with van der Waals surface area (Å²) in [5.41, 5.74) is -0.794. The Morgan fingerprint density at radius 3 is 2.29 bits per heavy atom. The second-order valence-corrected chi connectivity index (χ2v) is 3.34. The Hall–Kier alpha value is -0.490. The SMILES string of the molecule is COC1O[C@H](C=O)[C@@](C)(OC)[C@H]1OC. The zero-order valence-electron chi connectivity index (χ0n) is 8.85. The first kappa shape index (κ1) is 11.6. The third-order valence-electron chi connectivity index (χ3n) is 2.71. The number of carbonyl (C=O) groups excluding carboxylic acids is 1. The van der Waals surface area contributed by atoms with E-state index in [0.29, 0.717) is 6.29 Å². The van der Waals surface area contributed by atoms with Gasteiger partial charge >= 0.3 is 0 Å². The Balaban J connectivity index is 2.91. The maximum Gasteiger partial charge on any atom is 0.187 e. The Labute approximate surface area is 83.3 Å².